The Balaban J connectivity index is 0.000000858. The first kappa shape index (κ1) is 23.5. The van der Waals surface area contributed by atoms with E-state index in [2.05, 4.69) is 0 Å². The summed E-state index contributed by atoms with van der Waals surface area (Å²) in [4.78, 5) is 35.0. The second kappa shape index (κ2) is 10.9. The Morgan fingerprint density at radius 2 is 1.71 bits per heavy atom. The first-order valence-corrected chi connectivity index (χ1v) is 11.0. The standard InChI is InChI=1S/C22H21Cl2NO3.C2H4O/c23-17-8-6-15(7-9-17)20-21(16-2-1-3-18(24)12-16)28-19(10-11-26)22(27)25(20)13-14-4-5-14;1-2-3/h1-3,6-9,11-12,14,19-21H,4-5,10,13H2;2H,1H3/t19-,20+,21-;/m0./s1. The zero-order chi connectivity index (χ0) is 22.4. The summed E-state index contributed by atoms with van der Waals surface area (Å²) in [5.41, 5.74) is 1.84. The number of hydrogen-bond donors (Lipinski definition) is 0. The van der Waals surface area contributed by atoms with Crippen molar-refractivity contribution < 1.29 is 19.1 Å². The molecule has 2 aliphatic rings. The van der Waals surface area contributed by atoms with Gasteiger partial charge in [-0.3, -0.25) is 4.79 Å². The van der Waals surface area contributed by atoms with E-state index in [1.54, 1.807) is 6.07 Å². The average molecular weight is 462 g/mol. The molecule has 31 heavy (non-hydrogen) atoms. The summed E-state index contributed by atoms with van der Waals surface area (Å²) in [6.45, 7) is 2.11. The molecule has 0 spiro atoms. The minimum absolute atomic E-state index is 0.0460. The van der Waals surface area contributed by atoms with E-state index >= 15 is 0 Å². The lowest BCUT2D eigenvalue weighted by Crippen LogP contribution is -2.51. The highest BCUT2D eigenvalue weighted by Crippen LogP contribution is 2.45. The van der Waals surface area contributed by atoms with Crippen molar-refractivity contribution in [2.24, 2.45) is 5.92 Å². The van der Waals surface area contributed by atoms with Gasteiger partial charge < -0.3 is 19.2 Å². The molecule has 0 aromatic heterocycles. The number of rotatable bonds is 6. The van der Waals surface area contributed by atoms with Crippen LogP contribution in [0.1, 0.15) is 49.5 Å². The quantitative estimate of drug-likeness (QED) is 0.553. The number of amides is 1. The summed E-state index contributed by atoms with van der Waals surface area (Å²) in [5.74, 6) is 0.381. The van der Waals surface area contributed by atoms with Gasteiger partial charge in [-0.15, -0.1) is 0 Å². The lowest BCUT2D eigenvalue weighted by atomic mass is 9.91. The first-order chi connectivity index (χ1) is 15.0. The second-order valence-electron chi connectivity index (χ2n) is 7.67. The van der Waals surface area contributed by atoms with Gasteiger partial charge in [-0.1, -0.05) is 47.5 Å². The van der Waals surface area contributed by atoms with Gasteiger partial charge in [0.2, 0.25) is 0 Å². The van der Waals surface area contributed by atoms with E-state index in [0.29, 0.717) is 22.5 Å². The van der Waals surface area contributed by atoms with Crippen LogP contribution in [0.5, 0.6) is 0 Å². The monoisotopic (exact) mass is 461 g/mol. The topological polar surface area (TPSA) is 63.7 Å². The first-order valence-electron chi connectivity index (χ1n) is 10.3. The van der Waals surface area contributed by atoms with Crippen molar-refractivity contribution in [2.45, 2.75) is 44.4 Å². The molecule has 0 N–H and O–H groups in total. The summed E-state index contributed by atoms with van der Waals surface area (Å²) in [6, 6.07) is 14.7. The Morgan fingerprint density at radius 1 is 1.03 bits per heavy atom. The Morgan fingerprint density at radius 3 is 2.29 bits per heavy atom. The third-order valence-electron chi connectivity index (χ3n) is 5.34. The number of halogens is 2. The van der Waals surface area contributed by atoms with E-state index in [4.69, 9.17) is 32.7 Å². The molecule has 0 bridgehead atoms. The lowest BCUT2D eigenvalue weighted by Gasteiger charge is -2.44. The largest absolute Gasteiger partial charge is 0.357 e. The van der Waals surface area contributed by atoms with Gasteiger partial charge in [-0.05, 0) is 61.1 Å². The van der Waals surface area contributed by atoms with Gasteiger partial charge in [0.05, 0.1) is 6.04 Å². The summed E-state index contributed by atoms with van der Waals surface area (Å²) in [7, 11) is 0. The van der Waals surface area contributed by atoms with E-state index in [1.807, 2.05) is 47.4 Å². The van der Waals surface area contributed by atoms with E-state index < -0.39 is 12.2 Å². The number of morpholine rings is 1. The van der Waals surface area contributed by atoms with Gasteiger partial charge in [0, 0.05) is 23.0 Å². The van der Waals surface area contributed by atoms with Crippen LogP contribution < -0.4 is 0 Å². The lowest BCUT2D eigenvalue weighted by molar-refractivity contribution is -0.175. The van der Waals surface area contributed by atoms with E-state index in [9.17, 15) is 9.59 Å². The average Bonchev–Trinajstić information content (AvgIpc) is 3.56. The molecule has 1 heterocycles. The Hall–Kier alpha value is -2.21. The van der Waals surface area contributed by atoms with Gasteiger partial charge in [0.15, 0.2) is 0 Å². The Bertz CT molecular complexity index is 914. The molecule has 164 valence electrons. The highest BCUT2D eigenvalue weighted by atomic mass is 35.5. The fourth-order valence-corrected chi connectivity index (χ4v) is 4.10. The van der Waals surface area contributed by atoms with E-state index in [0.717, 1.165) is 36.5 Å². The van der Waals surface area contributed by atoms with Crippen LogP contribution in [0.2, 0.25) is 10.0 Å². The molecule has 0 unspecified atom stereocenters. The van der Waals surface area contributed by atoms with Gasteiger partial charge in [-0.25, -0.2) is 0 Å². The molecule has 5 nitrogen and oxygen atoms in total. The molecule has 0 radical (unpaired) electrons. The molecule has 2 aromatic carbocycles. The van der Waals surface area contributed by atoms with Crippen molar-refractivity contribution in [1.82, 2.24) is 4.90 Å². The second-order valence-corrected chi connectivity index (χ2v) is 8.54. The summed E-state index contributed by atoms with van der Waals surface area (Å²) in [6.07, 6.45) is 2.60. The van der Waals surface area contributed by atoms with Gasteiger partial charge >= 0.3 is 0 Å². The minimum Gasteiger partial charge on any atom is -0.357 e. The number of aldehydes is 2. The summed E-state index contributed by atoms with van der Waals surface area (Å²) < 4.78 is 6.20. The molecule has 1 saturated carbocycles. The number of carbonyl (C=O) groups is 3. The molecule has 1 aliphatic heterocycles. The van der Waals surface area contributed by atoms with Crippen LogP contribution in [0, 0.1) is 5.92 Å². The van der Waals surface area contributed by atoms with Crippen molar-refractivity contribution in [2.75, 3.05) is 6.54 Å². The predicted octanol–water partition coefficient (Wildman–Crippen LogP) is 5.21. The SMILES string of the molecule is CC=O.O=CC[C@@H]1O[C@@H](c2cccc(Cl)c2)[C@@H](c2ccc(Cl)cc2)N(CC2CC2)C1=O. The van der Waals surface area contributed by atoms with Crippen LogP contribution in [0.4, 0.5) is 0 Å². The molecule has 1 saturated heterocycles. The molecule has 1 amide bonds. The fourth-order valence-electron chi connectivity index (χ4n) is 3.78. The van der Waals surface area contributed by atoms with Crippen LogP contribution in [-0.4, -0.2) is 36.0 Å². The van der Waals surface area contributed by atoms with E-state index in [1.165, 1.54) is 6.92 Å². The van der Waals surface area contributed by atoms with Crippen LogP contribution in [0.3, 0.4) is 0 Å². The third-order valence-corrected chi connectivity index (χ3v) is 5.83. The summed E-state index contributed by atoms with van der Waals surface area (Å²) >= 11 is 12.3. The third kappa shape index (κ3) is 5.94. The molecule has 2 fully saturated rings. The Labute approximate surface area is 192 Å². The van der Waals surface area contributed by atoms with Crippen molar-refractivity contribution >= 4 is 41.7 Å². The molecule has 3 atom stereocenters. The van der Waals surface area contributed by atoms with Crippen molar-refractivity contribution in [3.05, 3.63) is 69.7 Å². The maximum atomic E-state index is 13.2. The zero-order valence-corrected chi connectivity index (χ0v) is 18.8. The minimum atomic E-state index is -0.774. The fraction of sp³-hybridized carbons (Fsp3) is 0.375. The number of nitrogens with zero attached hydrogens (tertiary/aromatic N) is 1. The van der Waals surface area contributed by atoms with Crippen LogP contribution in [0.25, 0.3) is 0 Å². The maximum Gasteiger partial charge on any atom is 0.252 e. The summed E-state index contributed by atoms with van der Waals surface area (Å²) in [5, 5.41) is 1.24. The normalized spacial score (nSPS) is 23.0. The highest BCUT2D eigenvalue weighted by molar-refractivity contribution is 6.30. The molecule has 1 aliphatic carbocycles. The van der Waals surface area contributed by atoms with Crippen LogP contribution in [-0.2, 0) is 19.1 Å². The highest BCUT2D eigenvalue weighted by Gasteiger charge is 2.45. The predicted molar refractivity (Wildman–Crippen MR) is 120 cm³/mol. The van der Waals surface area contributed by atoms with Gasteiger partial charge in [-0.2, -0.15) is 0 Å². The molecular formula is C24H25Cl2NO4. The van der Waals surface area contributed by atoms with E-state index in [-0.39, 0.29) is 18.4 Å². The molecule has 4 rings (SSSR count). The molecule has 7 heteroatoms. The smallest absolute Gasteiger partial charge is 0.252 e. The van der Waals surface area contributed by atoms with Crippen molar-refractivity contribution in [1.29, 1.82) is 0 Å². The van der Waals surface area contributed by atoms with Gasteiger partial charge in [0.1, 0.15) is 24.8 Å². The van der Waals surface area contributed by atoms with Crippen molar-refractivity contribution in [3.63, 3.8) is 0 Å². The molecule has 2 aromatic rings. The maximum absolute atomic E-state index is 13.2. The zero-order valence-electron chi connectivity index (χ0n) is 17.2. The van der Waals surface area contributed by atoms with Crippen LogP contribution >= 0.6 is 23.2 Å². The Kier molecular flexibility index (Phi) is 8.24. The number of hydrogen-bond acceptors (Lipinski definition) is 4. The molecular weight excluding hydrogens is 437 g/mol. The van der Waals surface area contributed by atoms with Crippen LogP contribution in [0.15, 0.2) is 48.5 Å². The number of benzene rings is 2. The number of ether oxygens (including phenoxy) is 1. The van der Waals surface area contributed by atoms with Crippen molar-refractivity contribution in [3.8, 4) is 0 Å². The number of carbonyl (C=O) groups excluding carboxylic acids is 3. The van der Waals surface area contributed by atoms with Gasteiger partial charge in [0.25, 0.3) is 5.91 Å².